The molecule has 1 atom stereocenters. The molecule has 0 aromatic heterocycles. The summed E-state index contributed by atoms with van der Waals surface area (Å²) in [6.45, 7) is 4.18. The minimum Gasteiger partial charge on any atom is -0.494 e. The van der Waals surface area contributed by atoms with Crippen molar-refractivity contribution >= 4 is 5.91 Å². The van der Waals surface area contributed by atoms with E-state index < -0.39 is 0 Å². The predicted molar refractivity (Wildman–Crippen MR) is 97.4 cm³/mol. The lowest BCUT2D eigenvalue weighted by Gasteiger charge is -2.48. The molecule has 1 N–H and O–H groups in total. The number of nitrogens with zero attached hydrogens (tertiary/aromatic N) is 2. The number of hydrogen-bond acceptors (Lipinski definition) is 4. The van der Waals surface area contributed by atoms with E-state index in [-0.39, 0.29) is 29.5 Å². The molecule has 1 unspecified atom stereocenters. The Balaban J connectivity index is 1.65. The van der Waals surface area contributed by atoms with Gasteiger partial charge >= 0.3 is 0 Å². The number of aliphatic hydroxyl groups excluding tert-OH is 1. The molecule has 2 aliphatic heterocycles. The quantitative estimate of drug-likeness (QED) is 0.842. The van der Waals surface area contributed by atoms with Gasteiger partial charge in [-0.2, -0.15) is 0 Å². The molecule has 0 saturated carbocycles. The SMILES string of the molecule is COc1ccc(CN2CCCC3(CCC(=O)N(CCCO)C3)C2)cc1F. The molecular weight excluding hydrogens is 335 g/mol. The molecule has 2 saturated heterocycles. The van der Waals surface area contributed by atoms with Crippen LogP contribution in [0.1, 0.15) is 37.7 Å². The molecule has 0 bridgehead atoms. The van der Waals surface area contributed by atoms with E-state index in [0.717, 1.165) is 44.5 Å². The number of amides is 1. The first-order valence-electron chi connectivity index (χ1n) is 9.49. The Labute approximate surface area is 154 Å². The normalized spacial score (nSPS) is 24.3. The Morgan fingerprint density at radius 2 is 2.15 bits per heavy atom. The minimum absolute atomic E-state index is 0.117. The fourth-order valence-electron chi connectivity index (χ4n) is 4.41. The van der Waals surface area contributed by atoms with Crippen molar-refractivity contribution in [1.29, 1.82) is 0 Å². The number of halogens is 1. The van der Waals surface area contributed by atoms with Crippen LogP contribution < -0.4 is 4.74 Å². The Kier molecular flexibility index (Phi) is 6.14. The molecule has 26 heavy (non-hydrogen) atoms. The molecule has 144 valence electrons. The van der Waals surface area contributed by atoms with Gasteiger partial charge in [0.1, 0.15) is 0 Å². The van der Waals surface area contributed by atoms with E-state index in [1.54, 1.807) is 12.1 Å². The van der Waals surface area contributed by atoms with Gasteiger partial charge < -0.3 is 14.7 Å². The second-order valence-electron chi connectivity index (χ2n) is 7.68. The van der Waals surface area contributed by atoms with Crippen LogP contribution in [-0.2, 0) is 11.3 Å². The van der Waals surface area contributed by atoms with Crippen LogP contribution >= 0.6 is 0 Å². The van der Waals surface area contributed by atoms with Crippen molar-refractivity contribution in [1.82, 2.24) is 9.80 Å². The van der Waals surface area contributed by atoms with Crippen molar-refractivity contribution in [2.24, 2.45) is 5.41 Å². The average molecular weight is 364 g/mol. The highest BCUT2D eigenvalue weighted by Crippen LogP contribution is 2.39. The zero-order valence-electron chi connectivity index (χ0n) is 15.5. The van der Waals surface area contributed by atoms with Gasteiger partial charge in [-0.05, 0) is 49.9 Å². The molecule has 0 aliphatic carbocycles. The number of methoxy groups -OCH3 is 1. The maximum Gasteiger partial charge on any atom is 0.222 e. The molecule has 5 nitrogen and oxygen atoms in total. The zero-order chi connectivity index (χ0) is 18.6. The second-order valence-corrected chi connectivity index (χ2v) is 7.68. The molecule has 3 rings (SSSR count). The maximum absolute atomic E-state index is 14.0. The number of carbonyl (C=O) groups is 1. The van der Waals surface area contributed by atoms with Crippen LogP contribution in [0.3, 0.4) is 0 Å². The van der Waals surface area contributed by atoms with Crippen molar-refractivity contribution in [2.45, 2.75) is 38.6 Å². The number of piperidine rings is 2. The van der Waals surface area contributed by atoms with E-state index in [1.165, 1.54) is 7.11 Å². The molecule has 1 amide bonds. The number of likely N-dealkylation sites (tertiary alicyclic amines) is 2. The number of hydrogen-bond donors (Lipinski definition) is 1. The van der Waals surface area contributed by atoms with E-state index in [4.69, 9.17) is 9.84 Å². The summed E-state index contributed by atoms with van der Waals surface area (Å²) in [6.07, 6.45) is 4.38. The lowest BCUT2D eigenvalue weighted by molar-refractivity contribution is -0.139. The summed E-state index contributed by atoms with van der Waals surface area (Å²) in [5.74, 6) is 0.155. The summed E-state index contributed by atoms with van der Waals surface area (Å²) in [5.41, 5.74) is 1.08. The van der Waals surface area contributed by atoms with Crippen molar-refractivity contribution < 1.29 is 19.0 Å². The van der Waals surface area contributed by atoms with Crippen LogP contribution in [0, 0.1) is 11.2 Å². The third-order valence-electron chi connectivity index (χ3n) is 5.70. The topological polar surface area (TPSA) is 53.0 Å². The summed E-state index contributed by atoms with van der Waals surface area (Å²) in [7, 11) is 1.47. The Hall–Kier alpha value is -1.66. The van der Waals surface area contributed by atoms with Gasteiger partial charge in [-0.3, -0.25) is 9.69 Å². The molecule has 1 spiro atoms. The van der Waals surface area contributed by atoms with Gasteiger partial charge in [0.05, 0.1) is 7.11 Å². The first kappa shape index (κ1) is 19.1. The smallest absolute Gasteiger partial charge is 0.222 e. The Bertz CT molecular complexity index is 639. The van der Waals surface area contributed by atoms with Crippen molar-refractivity contribution in [3.8, 4) is 5.75 Å². The average Bonchev–Trinajstić information content (AvgIpc) is 2.63. The van der Waals surface area contributed by atoms with Gasteiger partial charge in [-0.1, -0.05) is 6.07 Å². The van der Waals surface area contributed by atoms with Crippen molar-refractivity contribution in [3.05, 3.63) is 29.6 Å². The molecule has 0 radical (unpaired) electrons. The Morgan fingerprint density at radius 1 is 1.31 bits per heavy atom. The monoisotopic (exact) mass is 364 g/mol. The third-order valence-corrected chi connectivity index (χ3v) is 5.70. The van der Waals surface area contributed by atoms with Crippen LogP contribution in [0.15, 0.2) is 18.2 Å². The largest absolute Gasteiger partial charge is 0.494 e. The van der Waals surface area contributed by atoms with Crippen LogP contribution in [-0.4, -0.2) is 60.7 Å². The molecule has 1 aromatic carbocycles. The van der Waals surface area contributed by atoms with E-state index in [0.29, 0.717) is 25.9 Å². The number of benzene rings is 1. The standard InChI is InChI=1S/C20H29FN2O3/c1-26-18-5-4-16(12-17(18)21)13-22-9-2-7-20(14-22)8-6-19(25)23(15-20)10-3-11-24/h4-5,12,24H,2-3,6-11,13-15H2,1H3. The number of carbonyl (C=O) groups excluding carboxylic acids is 1. The van der Waals surface area contributed by atoms with Gasteiger partial charge in [0.2, 0.25) is 5.91 Å². The van der Waals surface area contributed by atoms with Crippen LogP contribution in [0.25, 0.3) is 0 Å². The maximum atomic E-state index is 14.0. The fraction of sp³-hybridized carbons (Fsp3) is 0.650. The minimum atomic E-state index is -0.324. The first-order valence-corrected chi connectivity index (χ1v) is 9.49. The van der Waals surface area contributed by atoms with Gasteiger partial charge in [0.25, 0.3) is 0 Å². The third kappa shape index (κ3) is 4.35. The summed E-state index contributed by atoms with van der Waals surface area (Å²) < 4.78 is 18.9. The summed E-state index contributed by atoms with van der Waals surface area (Å²) in [6, 6.07) is 5.15. The molecule has 1 aromatic rings. The number of ether oxygens (including phenoxy) is 1. The summed E-state index contributed by atoms with van der Waals surface area (Å²) >= 11 is 0. The predicted octanol–water partition coefficient (Wildman–Crippen LogP) is 2.42. The lowest BCUT2D eigenvalue weighted by Crippen LogP contribution is -2.54. The van der Waals surface area contributed by atoms with Crippen molar-refractivity contribution in [2.75, 3.05) is 39.9 Å². The van der Waals surface area contributed by atoms with Gasteiger partial charge in [-0.25, -0.2) is 4.39 Å². The fourth-order valence-corrected chi connectivity index (χ4v) is 4.41. The van der Waals surface area contributed by atoms with E-state index in [9.17, 15) is 9.18 Å². The van der Waals surface area contributed by atoms with Crippen LogP contribution in [0.5, 0.6) is 5.75 Å². The summed E-state index contributed by atoms with van der Waals surface area (Å²) in [5, 5.41) is 9.07. The molecular formula is C20H29FN2O3. The number of aliphatic hydroxyl groups is 1. The highest BCUT2D eigenvalue weighted by atomic mass is 19.1. The van der Waals surface area contributed by atoms with Gasteiger partial charge in [0.15, 0.2) is 11.6 Å². The molecule has 6 heteroatoms. The zero-order valence-corrected chi connectivity index (χ0v) is 15.5. The van der Waals surface area contributed by atoms with E-state index in [1.807, 2.05) is 11.0 Å². The Morgan fingerprint density at radius 3 is 2.88 bits per heavy atom. The van der Waals surface area contributed by atoms with Gasteiger partial charge in [0, 0.05) is 44.6 Å². The van der Waals surface area contributed by atoms with Crippen LogP contribution in [0.2, 0.25) is 0 Å². The first-order chi connectivity index (χ1) is 12.5. The second kappa shape index (κ2) is 8.35. The molecule has 2 fully saturated rings. The van der Waals surface area contributed by atoms with Gasteiger partial charge in [-0.15, -0.1) is 0 Å². The van der Waals surface area contributed by atoms with E-state index >= 15 is 0 Å². The highest BCUT2D eigenvalue weighted by molar-refractivity contribution is 5.77. The van der Waals surface area contributed by atoms with Crippen molar-refractivity contribution in [3.63, 3.8) is 0 Å². The highest BCUT2D eigenvalue weighted by Gasteiger charge is 2.41. The molecule has 2 aliphatic rings. The lowest BCUT2D eigenvalue weighted by atomic mass is 9.73. The molecule has 2 heterocycles. The number of rotatable bonds is 6. The van der Waals surface area contributed by atoms with E-state index in [2.05, 4.69) is 4.90 Å². The summed E-state index contributed by atoms with van der Waals surface area (Å²) in [4.78, 5) is 16.5. The van der Waals surface area contributed by atoms with Crippen LogP contribution in [0.4, 0.5) is 4.39 Å².